The van der Waals surface area contributed by atoms with E-state index in [0.29, 0.717) is 5.56 Å². The molecule has 0 saturated heterocycles. The van der Waals surface area contributed by atoms with Gasteiger partial charge in [-0.15, -0.1) is 0 Å². The Balaban J connectivity index is 2.44. The Hall–Kier alpha value is -2.37. The summed E-state index contributed by atoms with van der Waals surface area (Å²) < 4.78 is 18.5. The summed E-state index contributed by atoms with van der Waals surface area (Å²) in [5, 5.41) is 5.91. The number of benzene rings is 1. The molecule has 0 atom stereocenters. The molecule has 0 bridgehead atoms. The number of hydrogen-bond donors (Lipinski definition) is 2. The summed E-state index contributed by atoms with van der Waals surface area (Å²) in [7, 11) is 0. The second kappa shape index (κ2) is 4.25. The number of urea groups is 1. The van der Waals surface area contributed by atoms with Gasteiger partial charge in [-0.2, -0.15) is 0 Å². The van der Waals surface area contributed by atoms with Crippen molar-refractivity contribution in [2.75, 3.05) is 5.32 Å². The molecule has 0 aliphatic carbocycles. The summed E-state index contributed by atoms with van der Waals surface area (Å²) in [6.07, 6.45) is 0. The molecule has 0 unspecified atom stereocenters. The number of halogens is 1. The van der Waals surface area contributed by atoms with Gasteiger partial charge in [0, 0.05) is 5.56 Å². The number of primary amides is 1. The minimum atomic E-state index is -0.749. The molecule has 0 aliphatic heterocycles. The third kappa shape index (κ3) is 2.10. The lowest BCUT2D eigenvalue weighted by molar-refractivity contribution is 0.259. The van der Waals surface area contributed by atoms with E-state index in [-0.39, 0.29) is 17.1 Å². The van der Waals surface area contributed by atoms with Crippen molar-refractivity contribution in [1.29, 1.82) is 0 Å². The summed E-state index contributed by atoms with van der Waals surface area (Å²) in [6.45, 7) is 1.66. The highest BCUT2D eigenvalue weighted by molar-refractivity contribution is 5.88. The van der Waals surface area contributed by atoms with Crippen molar-refractivity contribution < 1.29 is 13.7 Å². The van der Waals surface area contributed by atoms with Gasteiger partial charge in [-0.3, -0.25) is 5.32 Å². The van der Waals surface area contributed by atoms with Gasteiger partial charge in [0.2, 0.25) is 0 Å². The van der Waals surface area contributed by atoms with Crippen molar-refractivity contribution in [2.45, 2.75) is 6.92 Å². The molecule has 0 fully saturated rings. The Labute approximate surface area is 96.4 Å². The Morgan fingerprint density at radius 2 is 2.18 bits per heavy atom. The van der Waals surface area contributed by atoms with Crippen LogP contribution in [0.1, 0.15) is 5.56 Å². The maximum Gasteiger partial charge on any atom is 0.317 e. The molecule has 2 rings (SSSR count). The molecule has 1 aromatic heterocycles. The average Bonchev–Trinajstić information content (AvgIpc) is 2.61. The molecule has 0 saturated carbocycles. The van der Waals surface area contributed by atoms with Crippen LogP contribution in [0.15, 0.2) is 28.8 Å². The highest BCUT2D eigenvalue weighted by Gasteiger charge is 2.17. The van der Waals surface area contributed by atoms with Gasteiger partial charge in [0.05, 0.1) is 5.56 Å². The van der Waals surface area contributed by atoms with Gasteiger partial charge in [-0.1, -0.05) is 17.3 Å². The van der Waals surface area contributed by atoms with Crippen LogP contribution in [-0.4, -0.2) is 11.2 Å². The van der Waals surface area contributed by atoms with Gasteiger partial charge < -0.3 is 10.3 Å². The fourth-order valence-corrected chi connectivity index (χ4v) is 1.47. The molecular formula is C11H10FN3O2. The van der Waals surface area contributed by atoms with Crippen LogP contribution in [0.4, 0.5) is 15.0 Å². The van der Waals surface area contributed by atoms with Crippen LogP contribution in [0.25, 0.3) is 11.3 Å². The molecule has 0 spiro atoms. The largest absolute Gasteiger partial charge is 0.354 e. The lowest BCUT2D eigenvalue weighted by Gasteiger charge is -1.99. The highest BCUT2D eigenvalue weighted by atomic mass is 19.1. The van der Waals surface area contributed by atoms with Crippen LogP contribution in [0.3, 0.4) is 0 Å². The van der Waals surface area contributed by atoms with Crippen LogP contribution >= 0.6 is 0 Å². The SMILES string of the molecule is Cc1c(NC(N)=O)noc1-c1ccccc1F. The molecule has 6 heteroatoms. The first-order valence-corrected chi connectivity index (χ1v) is 4.87. The predicted molar refractivity (Wildman–Crippen MR) is 59.8 cm³/mol. The maximum absolute atomic E-state index is 13.5. The number of hydrogen-bond acceptors (Lipinski definition) is 3. The van der Waals surface area contributed by atoms with E-state index in [0.717, 1.165) is 0 Å². The van der Waals surface area contributed by atoms with Gasteiger partial charge in [0.15, 0.2) is 11.6 Å². The number of rotatable bonds is 2. The number of carbonyl (C=O) groups excluding carboxylic acids is 1. The Morgan fingerprint density at radius 1 is 1.47 bits per heavy atom. The highest BCUT2D eigenvalue weighted by Crippen LogP contribution is 2.29. The Bertz CT molecular complexity index is 566. The Morgan fingerprint density at radius 3 is 2.82 bits per heavy atom. The summed E-state index contributed by atoms with van der Waals surface area (Å²) >= 11 is 0. The zero-order chi connectivity index (χ0) is 12.4. The quantitative estimate of drug-likeness (QED) is 0.837. The van der Waals surface area contributed by atoms with E-state index in [1.165, 1.54) is 6.07 Å². The van der Waals surface area contributed by atoms with Crippen molar-refractivity contribution in [3.8, 4) is 11.3 Å². The number of carbonyl (C=O) groups is 1. The zero-order valence-corrected chi connectivity index (χ0v) is 9.03. The fraction of sp³-hybridized carbons (Fsp3) is 0.0909. The summed E-state index contributed by atoms with van der Waals surface area (Å²) in [6, 6.07) is 5.39. The number of nitrogens with one attached hydrogen (secondary N) is 1. The zero-order valence-electron chi connectivity index (χ0n) is 9.03. The third-order valence-electron chi connectivity index (χ3n) is 2.28. The molecule has 17 heavy (non-hydrogen) atoms. The van der Waals surface area contributed by atoms with E-state index in [4.69, 9.17) is 10.3 Å². The normalized spacial score (nSPS) is 10.2. The summed E-state index contributed by atoms with van der Waals surface area (Å²) in [4.78, 5) is 10.7. The van der Waals surface area contributed by atoms with E-state index in [1.54, 1.807) is 25.1 Å². The molecule has 2 amide bonds. The first kappa shape index (κ1) is 11.1. The minimum Gasteiger partial charge on any atom is -0.354 e. The number of anilines is 1. The second-order valence-corrected chi connectivity index (χ2v) is 3.45. The maximum atomic E-state index is 13.5. The van der Waals surface area contributed by atoms with Crippen molar-refractivity contribution in [1.82, 2.24) is 5.16 Å². The molecule has 0 aliphatic rings. The fourth-order valence-electron chi connectivity index (χ4n) is 1.47. The van der Waals surface area contributed by atoms with Crippen molar-refractivity contribution in [3.05, 3.63) is 35.6 Å². The molecule has 88 valence electrons. The van der Waals surface area contributed by atoms with E-state index in [9.17, 15) is 9.18 Å². The van der Waals surface area contributed by atoms with Crippen LogP contribution in [-0.2, 0) is 0 Å². The van der Waals surface area contributed by atoms with Crippen molar-refractivity contribution in [3.63, 3.8) is 0 Å². The average molecular weight is 235 g/mol. The lowest BCUT2D eigenvalue weighted by Crippen LogP contribution is -2.19. The Kier molecular flexibility index (Phi) is 2.78. The second-order valence-electron chi connectivity index (χ2n) is 3.45. The van der Waals surface area contributed by atoms with E-state index >= 15 is 0 Å². The minimum absolute atomic E-state index is 0.191. The van der Waals surface area contributed by atoms with Crippen LogP contribution in [0, 0.1) is 12.7 Å². The summed E-state index contributed by atoms with van der Waals surface area (Å²) in [5.41, 5.74) is 5.77. The van der Waals surface area contributed by atoms with Crippen molar-refractivity contribution >= 4 is 11.8 Å². The van der Waals surface area contributed by atoms with Crippen LogP contribution in [0.2, 0.25) is 0 Å². The van der Waals surface area contributed by atoms with Crippen LogP contribution in [0.5, 0.6) is 0 Å². The van der Waals surface area contributed by atoms with Gasteiger partial charge in [-0.05, 0) is 19.1 Å². The number of aromatic nitrogens is 1. The number of amides is 2. The molecular weight excluding hydrogens is 225 g/mol. The molecule has 3 N–H and O–H groups in total. The standard InChI is InChI=1S/C11H10FN3O2/c1-6-9(7-4-2-3-5-8(7)12)17-15-10(6)14-11(13)16/h2-5H,1H3,(H3,13,14,15,16). The molecule has 1 aromatic carbocycles. The molecule has 1 heterocycles. The van der Waals surface area contributed by atoms with E-state index in [2.05, 4.69) is 10.5 Å². The number of nitrogens with zero attached hydrogens (tertiary/aromatic N) is 1. The lowest BCUT2D eigenvalue weighted by atomic mass is 10.1. The van der Waals surface area contributed by atoms with Gasteiger partial charge in [0.25, 0.3) is 0 Å². The van der Waals surface area contributed by atoms with Crippen molar-refractivity contribution in [2.24, 2.45) is 5.73 Å². The molecule has 5 nitrogen and oxygen atoms in total. The predicted octanol–water partition coefficient (Wildman–Crippen LogP) is 2.28. The van der Waals surface area contributed by atoms with Gasteiger partial charge in [0.1, 0.15) is 5.82 Å². The van der Waals surface area contributed by atoms with Gasteiger partial charge in [-0.25, -0.2) is 9.18 Å². The van der Waals surface area contributed by atoms with E-state index < -0.39 is 11.8 Å². The molecule has 0 radical (unpaired) electrons. The van der Waals surface area contributed by atoms with Gasteiger partial charge >= 0.3 is 6.03 Å². The number of nitrogens with two attached hydrogens (primary N) is 1. The first-order valence-electron chi connectivity index (χ1n) is 4.87. The third-order valence-corrected chi connectivity index (χ3v) is 2.28. The van der Waals surface area contributed by atoms with Crippen LogP contribution < -0.4 is 11.1 Å². The molecule has 2 aromatic rings. The first-order chi connectivity index (χ1) is 8.09. The monoisotopic (exact) mass is 235 g/mol. The van der Waals surface area contributed by atoms with E-state index in [1.807, 2.05) is 0 Å². The summed E-state index contributed by atoms with van der Waals surface area (Å²) in [5.74, 6) is 0.0416. The topological polar surface area (TPSA) is 81.1 Å². The smallest absolute Gasteiger partial charge is 0.317 e.